The van der Waals surface area contributed by atoms with Crippen LogP contribution in [0.3, 0.4) is 0 Å². The zero-order chi connectivity index (χ0) is 10.1. The molecule has 0 amide bonds. The van der Waals surface area contributed by atoms with E-state index < -0.39 is 0 Å². The summed E-state index contributed by atoms with van der Waals surface area (Å²) in [6, 6.07) is 4.48. The monoisotopic (exact) mass is 213 g/mol. The SMILES string of the molecule is NC(c1c(F)cccc1Cl)C1CCC1. The Hall–Kier alpha value is -0.600. The van der Waals surface area contributed by atoms with Crippen molar-refractivity contribution in [1.82, 2.24) is 0 Å². The largest absolute Gasteiger partial charge is 0.324 e. The van der Waals surface area contributed by atoms with Gasteiger partial charge in [-0.3, -0.25) is 0 Å². The van der Waals surface area contributed by atoms with E-state index in [1.165, 1.54) is 12.5 Å². The van der Waals surface area contributed by atoms with E-state index in [0.717, 1.165) is 12.8 Å². The second kappa shape index (κ2) is 3.87. The maximum Gasteiger partial charge on any atom is 0.129 e. The van der Waals surface area contributed by atoms with Crippen molar-refractivity contribution >= 4 is 11.6 Å². The first-order valence-corrected chi connectivity index (χ1v) is 5.27. The van der Waals surface area contributed by atoms with Gasteiger partial charge in [0, 0.05) is 16.6 Å². The van der Waals surface area contributed by atoms with Crippen molar-refractivity contribution in [2.75, 3.05) is 0 Å². The first-order chi connectivity index (χ1) is 6.70. The molecule has 0 radical (unpaired) electrons. The number of rotatable bonds is 2. The molecule has 2 rings (SSSR count). The van der Waals surface area contributed by atoms with Gasteiger partial charge in [0.1, 0.15) is 5.82 Å². The van der Waals surface area contributed by atoms with Gasteiger partial charge in [0.25, 0.3) is 0 Å². The van der Waals surface area contributed by atoms with Gasteiger partial charge >= 0.3 is 0 Å². The van der Waals surface area contributed by atoms with Gasteiger partial charge < -0.3 is 5.73 Å². The van der Waals surface area contributed by atoms with Crippen molar-refractivity contribution < 1.29 is 4.39 Å². The van der Waals surface area contributed by atoms with Crippen molar-refractivity contribution in [2.24, 2.45) is 11.7 Å². The third-order valence-corrected chi connectivity index (χ3v) is 3.32. The van der Waals surface area contributed by atoms with Crippen LogP contribution in [0.1, 0.15) is 30.9 Å². The standard InChI is InChI=1S/C11H13ClFN/c12-8-5-2-6-9(13)10(8)11(14)7-3-1-4-7/h2,5-7,11H,1,3-4,14H2. The van der Waals surface area contributed by atoms with Crippen molar-refractivity contribution in [2.45, 2.75) is 25.3 Å². The van der Waals surface area contributed by atoms with Gasteiger partial charge in [0.15, 0.2) is 0 Å². The van der Waals surface area contributed by atoms with Crippen LogP contribution >= 0.6 is 11.6 Å². The predicted octanol–water partition coefficient (Wildman–Crippen LogP) is 3.28. The highest BCUT2D eigenvalue weighted by Crippen LogP contribution is 2.39. The second-order valence-corrected chi connectivity index (χ2v) is 4.26. The molecule has 2 N–H and O–H groups in total. The molecule has 1 nitrogen and oxygen atoms in total. The van der Waals surface area contributed by atoms with Crippen LogP contribution in [0.25, 0.3) is 0 Å². The van der Waals surface area contributed by atoms with E-state index >= 15 is 0 Å². The van der Waals surface area contributed by atoms with Crippen LogP contribution in [-0.2, 0) is 0 Å². The Morgan fingerprint density at radius 1 is 1.43 bits per heavy atom. The van der Waals surface area contributed by atoms with Crippen LogP contribution < -0.4 is 5.73 Å². The molecule has 0 saturated heterocycles. The minimum atomic E-state index is -0.281. The van der Waals surface area contributed by atoms with E-state index in [9.17, 15) is 4.39 Å². The first-order valence-electron chi connectivity index (χ1n) is 4.89. The van der Waals surface area contributed by atoms with Crippen molar-refractivity contribution in [3.63, 3.8) is 0 Å². The van der Waals surface area contributed by atoms with Crippen LogP contribution in [0.4, 0.5) is 4.39 Å². The van der Waals surface area contributed by atoms with E-state index in [1.54, 1.807) is 12.1 Å². The summed E-state index contributed by atoms with van der Waals surface area (Å²) in [5, 5.41) is 0.449. The molecular weight excluding hydrogens is 201 g/mol. The Morgan fingerprint density at radius 2 is 2.14 bits per heavy atom. The Morgan fingerprint density at radius 3 is 2.64 bits per heavy atom. The maximum absolute atomic E-state index is 13.5. The van der Waals surface area contributed by atoms with E-state index in [4.69, 9.17) is 17.3 Å². The summed E-state index contributed by atoms with van der Waals surface area (Å²) in [4.78, 5) is 0. The van der Waals surface area contributed by atoms with Crippen molar-refractivity contribution in [1.29, 1.82) is 0 Å². The van der Waals surface area contributed by atoms with E-state index in [2.05, 4.69) is 0 Å². The van der Waals surface area contributed by atoms with Gasteiger partial charge in [-0.05, 0) is 30.9 Å². The molecule has 1 aromatic rings. The fourth-order valence-electron chi connectivity index (χ4n) is 1.86. The molecule has 0 aliphatic heterocycles. The number of hydrogen-bond donors (Lipinski definition) is 1. The van der Waals surface area contributed by atoms with Crippen molar-refractivity contribution in [3.8, 4) is 0 Å². The van der Waals surface area contributed by atoms with E-state index in [1.807, 2.05) is 0 Å². The highest BCUT2D eigenvalue weighted by Gasteiger charge is 2.28. The average molecular weight is 214 g/mol. The molecule has 0 spiro atoms. The molecule has 14 heavy (non-hydrogen) atoms. The molecular formula is C11H13ClFN. The van der Waals surface area contributed by atoms with Crippen LogP contribution in [0, 0.1) is 11.7 Å². The van der Waals surface area contributed by atoms with Gasteiger partial charge in [0.2, 0.25) is 0 Å². The van der Waals surface area contributed by atoms with Gasteiger partial charge in [-0.1, -0.05) is 24.1 Å². The molecule has 0 aromatic heterocycles. The lowest BCUT2D eigenvalue weighted by atomic mass is 9.77. The molecule has 1 aromatic carbocycles. The Kier molecular flexibility index (Phi) is 2.75. The van der Waals surface area contributed by atoms with Crippen LogP contribution in [0.15, 0.2) is 18.2 Å². The van der Waals surface area contributed by atoms with E-state index in [-0.39, 0.29) is 11.9 Å². The molecule has 1 fully saturated rings. The summed E-state index contributed by atoms with van der Waals surface area (Å²) < 4.78 is 13.5. The summed E-state index contributed by atoms with van der Waals surface area (Å²) in [7, 11) is 0. The lowest BCUT2D eigenvalue weighted by Crippen LogP contribution is -2.27. The summed E-state index contributed by atoms with van der Waals surface area (Å²) in [6.45, 7) is 0. The van der Waals surface area contributed by atoms with Gasteiger partial charge in [-0.25, -0.2) is 4.39 Å². The Bertz CT molecular complexity index is 316. The number of hydrogen-bond acceptors (Lipinski definition) is 1. The minimum absolute atomic E-state index is 0.238. The van der Waals surface area contributed by atoms with Gasteiger partial charge in [-0.2, -0.15) is 0 Å². The van der Waals surface area contributed by atoms with Crippen molar-refractivity contribution in [3.05, 3.63) is 34.6 Å². The molecule has 76 valence electrons. The third kappa shape index (κ3) is 1.64. The molecule has 1 unspecified atom stereocenters. The van der Waals surface area contributed by atoms with Crippen LogP contribution in [0.2, 0.25) is 5.02 Å². The zero-order valence-electron chi connectivity index (χ0n) is 7.84. The van der Waals surface area contributed by atoms with E-state index in [0.29, 0.717) is 16.5 Å². The quantitative estimate of drug-likeness (QED) is 0.802. The summed E-state index contributed by atoms with van der Waals surface area (Å²) in [6.07, 6.45) is 3.38. The molecule has 0 heterocycles. The fourth-order valence-corrected chi connectivity index (χ4v) is 2.15. The second-order valence-electron chi connectivity index (χ2n) is 3.85. The van der Waals surface area contributed by atoms with Crippen LogP contribution in [0.5, 0.6) is 0 Å². The number of benzene rings is 1. The molecule has 3 heteroatoms. The smallest absolute Gasteiger partial charge is 0.129 e. The highest BCUT2D eigenvalue weighted by atomic mass is 35.5. The molecule has 1 saturated carbocycles. The fraction of sp³-hybridized carbons (Fsp3) is 0.455. The zero-order valence-corrected chi connectivity index (χ0v) is 8.60. The lowest BCUT2D eigenvalue weighted by Gasteiger charge is -2.32. The number of halogens is 2. The van der Waals surface area contributed by atoms with Gasteiger partial charge in [0.05, 0.1) is 0 Å². The topological polar surface area (TPSA) is 26.0 Å². The predicted molar refractivity (Wildman–Crippen MR) is 55.7 cm³/mol. The molecule has 1 aliphatic rings. The first kappa shape index (κ1) is 9.94. The Balaban J connectivity index is 2.29. The molecule has 1 aliphatic carbocycles. The normalized spacial score (nSPS) is 19.1. The third-order valence-electron chi connectivity index (χ3n) is 2.99. The molecule has 0 bridgehead atoms. The minimum Gasteiger partial charge on any atom is -0.324 e. The maximum atomic E-state index is 13.5. The highest BCUT2D eigenvalue weighted by molar-refractivity contribution is 6.31. The average Bonchev–Trinajstić information content (AvgIpc) is 2.00. The Labute approximate surface area is 88.1 Å². The summed E-state index contributed by atoms with van der Waals surface area (Å²) in [5.74, 6) is 0.126. The molecule has 1 atom stereocenters. The lowest BCUT2D eigenvalue weighted by molar-refractivity contribution is 0.260. The summed E-state index contributed by atoms with van der Waals surface area (Å²) >= 11 is 5.93. The number of nitrogens with two attached hydrogens (primary N) is 1. The van der Waals surface area contributed by atoms with Gasteiger partial charge in [-0.15, -0.1) is 0 Å². The van der Waals surface area contributed by atoms with Crippen LogP contribution in [-0.4, -0.2) is 0 Å². The summed E-state index contributed by atoms with van der Waals surface area (Å²) in [5.41, 5.74) is 6.46.